The first-order chi connectivity index (χ1) is 7.15. The summed E-state index contributed by atoms with van der Waals surface area (Å²) in [5, 5.41) is 0.653. The fraction of sp³-hybridized carbons (Fsp3) is 0.364. The minimum absolute atomic E-state index is 0.208. The Hall–Kier alpha value is -1.22. The molecule has 0 radical (unpaired) electrons. The second-order valence-electron chi connectivity index (χ2n) is 3.24. The standard InChI is InChI=1S/C11H14ClNO2/c1-15-11(14)7-2-4-8-9(12)5-3-6-10(8)13/h3,5-6H,2,4,7,13H2,1H3. The van der Waals surface area contributed by atoms with E-state index in [1.165, 1.54) is 7.11 Å². The number of halogens is 1. The number of methoxy groups -OCH3 is 1. The number of hydrogen-bond donors (Lipinski definition) is 1. The van der Waals surface area contributed by atoms with Crippen LogP contribution in [0.5, 0.6) is 0 Å². The van der Waals surface area contributed by atoms with Crippen molar-refractivity contribution in [2.45, 2.75) is 19.3 Å². The van der Waals surface area contributed by atoms with Crippen molar-refractivity contribution >= 4 is 23.3 Å². The molecule has 0 aliphatic heterocycles. The summed E-state index contributed by atoms with van der Waals surface area (Å²) in [7, 11) is 1.38. The molecule has 0 bridgehead atoms. The van der Waals surface area contributed by atoms with Crippen molar-refractivity contribution in [1.82, 2.24) is 0 Å². The Morgan fingerprint density at radius 2 is 2.27 bits per heavy atom. The molecule has 4 heteroatoms. The van der Waals surface area contributed by atoms with Crippen LogP contribution >= 0.6 is 11.6 Å². The van der Waals surface area contributed by atoms with E-state index in [0.717, 1.165) is 5.56 Å². The Kier molecular flexibility index (Phi) is 4.43. The van der Waals surface area contributed by atoms with E-state index in [2.05, 4.69) is 4.74 Å². The second-order valence-corrected chi connectivity index (χ2v) is 3.64. The highest BCUT2D eigenvalue weighted by molar-refractivity contribution is 6.31. The Balaban J connectivity index is 2.54. The number of ether oxygens (including phenoxy) is 1. The minimum Gasteiger partial charge on any atom is -0.469 e. The molecule has 0 aliphatic rings. The van der Waals surface area contributed by atoms with E-state index in [4.69, 9.17) is 17.3 Å². The molecule has 0 saturated carbocycles. The van der Waals surface area contributed by atoms with Crippen molar-refractivity contribution in [3.8, 4) is 0 Å². The molecule has 0 aliphatic carbocycles. The third kappa shape index (κ3) is 3.44. The van der Waals surface area contributed by atoms with Gasteiger partial charge in [-0.15, -0.1) is 0 Å². The maximum Gasteiger partial charge on any atom is 0.305 e. The van der Waals surface area contributed by atoms with Crippen LogP contribution in [-0.2, 0) is 16.0 Å². The van der Waals surface area contributed by atoms with E-state index < -0.39 is 0 Å². The molecule has 15 heavy (non-hydrogen) atoms. The second kappa shape index (κ2) is 5.61. The average molecular weight is 228 g/mol. The van der Waals surface area contributed by atoms with Crippen molar-refractivity contribution in [1.29, 1.82) is 0 Å². The predicted molar refractivity (Wildman–Crippen MR) is 60.8 cm³/mol. The van der Waals surface area contributed by atoms with Gasteiger partial charge in [-0.05, 0) is 30.5 Å². The Labute approximate surface area is 94.2 Å². The lowest BCUT2D eigenvalue weighted by molar-refractivity contribution is -0.140. The van der Waals surface area contributed by atoms with Crippen molar-refractivity contribution in [3.05, 3.63) is 28.8 Å². The Bertz CT molecular complexity index is 332. The lowest BCUT2D eigenvalue weighted by Gasteiger charge is -2.06. The molecule has 1 rings (SSSR count). The predicted octanol–water partition coefficient (Wildman–Crippen LogP) is 2.42. The highest BCUT2D eigenvalue weighted by Gasteiger charge is 2.06. The molecule has 0 heterocycles. The zero-order chi connectivity index (χ0) is 11.3. The minimum atomic E-state index is -0.208. The maximum absolute atomic E-state index is 10.9. The van der Waals surface area contributed by atoms with E-state index >= 15 is 0 Å². The van der Waals surface area contributed by atoms with Crippen molar-refractivity contribution in [2.24, 2.45) is 0 Å². The van der Waals surface area contributed by atoms with Gasteiger partial charge in [-0.3, -0.25) is 4.79 Å². The summed E-state index contributed by atoms with van der Waals surface area (Å²) < 4.78 is 4.55. The molecule has 1 aromatic rings. The van der Waals surface area contributed by atoms with Crippen LogP contribution in [0.15, 0.2) is 18.2 Å². The molecule has 0 saturated heterocycles. The highest BCUT2D eigenvalue weighted by Crippen LogP contribution is 2.23. The van der Waals surface area contributed by atoms with Gasteiger partial charge < -0.3 is 10.5 Å². The van der Waals surface area contributed by atoms with Gasteiger partial charge in [0.15, 0.2) is 0 Å². The largest absolute Gasteiger partial charge is 0.469 e. The zero-order valence-corrected chi connectivity index (χ0v) is 9.38. The third-order valence-electron chi connectivity index (χ3n) is 2.19. The molecule has 0 atom stereocenters. The average Bonchev–Trinajstić information content (AvgIpc) is 2.22. The van der Waals surface area contributed by atoms with E-state index in [1.54, 1.807) is 12.1 Å². The van der Waals surface area contributed by atoms with Crippen LogP contribution in [0.4, 0.5) is 5.69 Å². The van der Waals surface area contributed by atoms with E-state index in [1.807, 2.05) is 6.07 Å². The smallest absolute Gasteiger partial charge is 0.305 e. The fourth-order valence-electron chi connectivity index (χ4n) is 1.35. The first-order valence-electron chi connectivity index (χ1n) is 4.75. The Morgan fingerprint density at radius 3 is 2.87 bits per heavy atom. The molecule has 0 aromatic heterocycles. The summed E-state index contributed by atoms with van der Waals surface area (Å²) in [6.45, 7) is 0. The summed E-state index contributed by atoms with van der Waals surface area (Å²) >= 11 is 5.98. The normalized spacial score (nSPS) is 10.0. The maximum atomic E-state index is 10.9. The number of anilines is 1. The van der Waals surface area contributed by atoms with Crippen molar-refractivity contribution in [2.75, 3.05) is 12.8 Å². The monoisotopic (exact) mass is 227 g/mol. The van der Waals surface area contributed by atoms with Gasteiger partial charge in [0.2, 0.25) is 0 Å². The van der Waals surface area contributed by atoms with Crippen LogP contribution in [0.1, 0.15) is 18.4 Å². The fourth-order valence-corrected chi connectivity index (χ4v) is 1.63. The molecule has 0 spiro atoms. The number of nitrogens with two attached hydrogens (primary N) is 1. The van der Waals surface area contributed by atoms with Gasteiger partial charge >= 0.3 is 5.97 Å². The van der Waals surface area contributed by atoms with Crippen LogP contribution in [0.25, 0.3) is 0 Å². The number of nitrogen functional groups attached to an aromatic ring is 1. The van der Waals surface area contributed by atoms with Crippen molar-refractivity contribution in [3.63, 3.8) is 0 Å². The third-order valence-corrected chi connectivity index (χ3v) is 2.54. The number of benzene rings is 1. The van der Waals surface area contributed by atoms with E-state index in [9.17, 15) is 4.79 Å². The summed E-state index contributed by atoms with van der Waals surface area (Å²) in [5.41, 5.74) is 7.35. The van der Waals surface area contributed by atoms with Crippen LogP contribution in [-0.4, -0.2) is 13.1 Å². The summed E-state index contributed by atoms with van der Waals surface area (Å²) in [6, 6.07) is 5.41. The molecule has 82 valence electrons. The van der Waals surface area contributed by atoms with Gasteiger partial charge in [0, 0.05) is 17.1 Å². The van der Waals surface area contributed by atoms with Crippen molar-refractivity contribution < 1.29 is 9.53 Å². The molecular weight excluding hydrogens is 214 g/mol. The molecule has 3 nitrogen and oxygen atoms in total. The van der Waals surface area contributed by atoms with Gasteiger partial charge in [-0.25, -0.2) is 0 Å². The lowest BCUT2D eigenvalue weighted by Crippen LogP contribution is -2.02. The van der Waals surface area contributed by atoms with Gasteiger partial charge in [-0.2, -0.15) is 0 Å². The number of carbonyl (C=O) groups excluding carboxylic acids is 1. The van der Waals surface area contributed by atoms with Crippen LogP contribution in [0.3, 0.4) is 0 Å². The molecule has 0 fully saturated rings. The summed E-state index contributed by atoms with van der Waals surface area (Å²) in [6.07, 6.45) is 1.78. The number of esters is 1. The van der Waals surface area contributed by atoms with Gasteiger partial charge in [-0.1, -0.05) is 17.7 Å². The van der Waals surface area contributed by atoms with Crippen LogP contribution < -0.4 is 5.73 Å². The number of rotatable bonds is 4. The van der Waals surface area contributed by atoms with Crippen LogP contribution in [0.2, 0.25) is 5.02 Å². The van der Waals surface area contributed by atoms with E-state index in [0.29, 0.717) is 30.0 Å². The summed E-state index contributed by atoms with van der Waals surface area (Å²) in [5.74, 6) is -0.208. The molecular formula is C11H14ClNO2. The van der Waals surface area contributed by atoms with Crippen LogP contribution in [0, 0.1) is 0 Å². The van der Waals surface area contributed by atoms with E-state index in [-0.39, 0.29) is 5.97 Å². The molecule has 2 N–H and O–H groups in total. The lowest BCUT2D eigenvalue weighted by atomic mass is 10.1. The highest BCUT2D eigenvalue weighted by atomic mass is 35.5. The van der Waals surface area contributed by atoms with Gasteiger partial charge in [0.05, 0.1) is 7.11 Å². The first-order valence-corrected chi connectivity index (χ1v) is 5.12. The molecule has 1 aromatic carbocycles. The number of carbonyl (C=O) groups is 1. The quantitative estimate of drug-likeness (QED) is 0.635. The SMILES string of the molecule is COC(=O)CCCc1c(N)cccc1Cl. The molecule has 0 amide bonds. The zero-order valence-electron chi connectivity index (χ0n) is 8.63. The Morgan fingerprint density at radius 1 is 1.53 bits per heavy atom. The first kappa shape index (κ1) is 11.9. The number of hydrogen-bond acceptors (Lipinski definition) is 3. The van der Waals surface area contributed by atoms with Gasteiger partial charge in [0.25, 0.3) is 0 Å². The molecule has 0 unspecified atom stereocenters. The summed E-state index contributed by atoms with van der Waals surface area (Å²) in [4.78, 5) is 10.9. The topological polar surface area (TPSA) is 52.3 Å². The van der Waals surface area contributed by atoms with Gasteiger partial charge in [0.1, 0.15) is 0 Å².